The van der Waals surface area contributed by atoms with Gasteiger partial charge in [-0.1, -0.05) is 31.0 Å². The molecule has 2 atom stereocenters. The first-order valence-electron chi connectivity index (χ1n) is 10.3. The standard InChI is InChI=1S/C22H29N3O2/c26-20-10-4-1-6-15(20)7-5-13-23-21-14-18(22(27)24-16-11-12-16)17-8-2-3-9-19(17)25-21/h2-3,8-9,14-16,20,26H,1,4-7,10-13H2,(H,23,25)(H,24,27). The Bertz CT molecular complexity index is 803. The van der Waals surface area contributed by atoms with Crippen LogP contribution < -0.4 is 10.6 Å². The zero-order valence-corrected chi connectivity index (χ0v) is 15.8. The van der Waals surface area contributed by atoms with E-state index in [-0.39, 0.29) is 12.0 Å². The topological polar surface area (TPSA) is 74.2 Å². The monoisotopic (exact) mass is 367 g/mol. The van der Waals surface area contributed by atoms with Gasteiger partial charge in [-0.15, -0.1) is 0 Å². The average molecular weight is 367 g/mol. The predicted octanol–water partition coefficient (Wildman–Crippen LogP) is 3.87. The van der Waals surface area contributed by atoms with Gasteiger partial charge in [0.25, 0.3) is 5.91 Å². The number of amides is 1. The highest BCUT2D eigenvalue weighted by molar-refractivity contribution is 6.07. The van der Waals surface area contributed by atoms with E-state index in [9.17, 15) is 9.90 Å². The summed E-state index contributed by atoms with van der Waals surface area (Å²) in [6.45, 7) is 0.804. The third kappa shape index (κ3) is 4.59. The van der Waals surface area contributed by atoms with Gasteiger partial charge in [-0.25, -0.2) is 4.98 Å². The number of carbonyl (C=O) groups excluding carboxylic acids is 1. The van der Waals surface area contributed by atoms with E-state index in [1.54, 1.807) is 0 Å². The van der Waals surface area contributed by atoms with E-state index >= 15 is 0 Å². The summed E-state index contributed by atoms with van der Waals surface area (Å²) < 4.78 is 0. The minimum Gasteiger partial charge on any atom is -0.393 e. The van der Waals surface area contributed by atoms with E-state index in [0.717, 1.165) is 68.2 Å². The lowest BCUT2D eigenvalue weighted by molar-refractivity contribution is 0.0647. The van der Waals surface area contributed by atoms with Gasteiger partial charge in [-0.3, -0.25) is 4.79 Å². The molecule has 0 radical (unpaired) electrons. The second-order valence-electron chi connectivity index (χ2n) is 8.00. The molecule has 1 amide bonds. The summed E-state index contributed by atoms with van der Waals surface area (Å²) in [6.07, 6.45) is 8.54. The van der Waals surface area contributed by atoms with Gasteiger partial charge in [0.2, 0.25) is 0 Å². The fraction of sp³-hybridized carbons (Fsp3) is 0.545. The maximum atomic E-state index is 12.6. The number of hydrogen-bond donors (Lipinski definition) is 3. The van der Waals surface area contributed by atoms with Crippen molar-refractivity contribution in [2.75, 3.05) is 11.9 Å². The van der Waals surface area contributed by atoms with Crippen molar-refractivity contribution in [1.82, 2.24) is 10.3 Å². The van der Waals surface area contributed by atoms with E-state index in [1.165, 1.54) is 6.42 Å². The molecule has 3 N–H and O–H groups in total. The van der Waals surface area contributed by atoms with Crippen LogP contribution >= 0.6 is 0 Å². The molecule has 27 heavy (non-hydrogen) atoms. The zero-order chi connectivity index (χ0) is 18.6. The normalized spacial score (nSPS) is 22.6. The summed E-state index contributed by atoms with van der Waals surface area (Å²) in [5, 5.41) is 17.5. The second-order valence-corrected chi connectivity index (χ2v) is 8.00. The fourth-order valence-corrected chi connectivity index (χ4v) is 4.05. The molecular weight excluding hydrogens is 338 g/mol. The molecule has 2 aliphatic rings. The summed E-state index contributed by atoms with van der Waals surface area (Å²) in [5.74, 6) is 1.17. The number of nitrogens with zero attached hydrogens (tertiary/aromatic N) is 1. The molecule has 0 aliphatic heterocycles. The molecule has 1 aromatic carbocycles. The Balaban J connectivity index is 1.41. The van der Waals surface area contributed by atoms with Gasteiger partial charge in [0, 0.05) is 18.0 Å². The number of para-hydroxylation sites is 1. The Morgan fingerprint density at radius 1 is 1.15 bits per heavy atom. The molecule has 2 aliphatic carbocycles. The lowest BCUT2D eigenvalue weighted by Crippen LogP contribution is -2.26. The van der Waals surface area contributed by atoms with E-state index < -0.39 is 0 Å². The van der Waals surface area contributed by atoms with Crippen LogP contribution in [0.2, 0.25) is 0 Å². The predicted molar refractivity (Wildman–Crippen MR) is 108 cm³/mol. The van der Waals surface area contributed by atoms with Gasteiger partial charge in [0.05, 0.1) is 17.2 Å². The molecule has 0 spiro atoms. The number of rotatable bonds is 7. The smallest absolute Gasteiger partial charge is 0.252 e. The summed E-state index contributed by atoms with van der Waals surface area (Å²) in [7, 11) is 0. The van der Waals surface area contributed by atoms with Gasteiger partial charge >= 0.3 is 0 Å². The molecule has 5 nitrogen and oxygen atoms in total. The first-order valence-corrected chi connectivity index (χ1v) is 10.3. The lowest BCUT2D eigenvalue weighted by Gasteiger charge is -2.27. The van der Waals surface area contributed by atoms with Crippen LogP contribution in [0.15, 0.2) is 30.3 Å². The van der Waals surface area contributed by atoms with E-state index in [4.69, 9.17) is 0 Å². The number of anilines is 1. The molecule has 2 fully saturated rings. The number of carbonyl (C=O) groups is 1. The van der Waals surface area contributed by atoms with Crippen LogP contribution in [0.3, 0.4) is 0 Å². The van der Waals surface area contributed by atoms with E-state index in [2.05, 4.69) is 15.6 Å². The Morgan fingerprint density at radius 2 is 1.96 bits per heavy atom. The molecule has 5 heteroatoms. The molecule has 0 saturated heterocycles. The summed E-state index contributed by atoms with van der Waals surface area (Å²) in [5.41, 5.74) is 1.53. The van der Waals surface area contributed by atoms with Gasteiger partial charge < -0.3 is 15.7 Å². The zero-order valence-electron chi connectivity index (χ0n) is 15.8. The Morgan fingerprint density at radius 3 is 2.78 bits per heavy atom. The highest BCUT2D eigenvalue weighted by atomic mass is 16.3. The Kier molecular flexibility index (Phi) is 5.58. The van der Waals surface area contributed by atoms with Crippen molar-refractivity contribution in [3.8, 4) is 0 Å². The SMILES string of the molecule is O=C(NC1CC1)c1cc(NCCCC2CCCCC2O)nc2ccccc12. The Hall–Kier alpha value is -2.14. The van der Waals surface area contributed by atoms with Gasteiger partial charge in [0.15, 0.2) is 0 Å². The summed E-state index contributed by atoms with van der Waals surface area (Å²) in [6, 6.07) is 10.0. The van der Waals surface area contributed by atoms with Gasteiger partial charge in [-0.2, -0.15) is 0 Å². The lowest BCUT2D eigenvalue weighted by atomic mass is 9.83. The largest absolute Gasteiger partial charge is 0.393 e. The third-order valence-electron chi connectivity index (χ3n) is 5.80. The number of nitrogens with one attached hydrogen (secondary N) is 2. The van der Waals surface area contributed by atoms with Crippen molar-refractivity contribution < 1.29 is 9.90 Å². The van der Waals surface area contributed by atoms with E-state index in [0.29, 0.717) is 17.5 Å². The highest BCUT2D eigenvalue weighted by Crippen LogP contribution is 2.28. The highest BCUT2D eigenvalue weighted by Gasteiger charge is 2.25. The Labute approximate surface area is 160 Å². The third-order valence-corrected chi connectivity index (χ3v) is 5.80. The van der Waals surface area contributed by atoms with Gasteiger partial charge in [0.1, 0.15) is 5.82 Å². The van der Waals surface area contributed by atoms with Crippen LogP contribution in [0.1, 0.15) is 61.7 Å². The van der Waals surface area contributed by atoms with Crippen LogP contribution in [-0.2, 0) is 0 Å². The van der Waals surface area contributed by atoms with Crippen LogP contribution in [0.4, 0.5) is 5.82 Å². The van der Waals surface area contributed by atoms with Crippen LogP contribution in [0.5, 0.6) is 0 Å². The van der Waals surface area contributed by atoms with Crippen molar-refractivity contribution in [2.45, 2.75) is 63.5 Å². The first-order chi connectivity index (χ1) is 13.2. The van der Waals surface area contributed by atoms with Crippen molar-refractivity contribution in [3.05, 3.63) is 35.9 Å². The average Bonchev–Trinajstić information content (AvgIpc) is 3.50. The number of hydrogen-bond acceptors (Lipinski definition) is 4. The van der Waals surface area contributed by atoms with Crippen molar-refractivity contribution >= 4 is 22.6 Å². The summed E-state index contributed by atoms with van der Waals surface area (Å²) >= 11 is 0. The van der Waals surface area contributed by atoms with Crippen molar-refractivity contribution in [2.24, 2.45) is 5.92 Å². The molecule has 4 rings (SSSR count). The number of pyridine rings is 1. The molecule has 1 heterocycles. The first kappa shape index (κ1) is 18.2. The minimum absolute atomic E-state index is 0.00974. The maximum Gasteiger partial charge on any atom is 0.252 e. The molecular formula is C22H29N3O2. The van der Waals surface area contributed by atoms with Crippen LogP contribution in [-0.4, -0.2) is 34.7 Å². The molecule has 144 valence electrons. The molecule has 2 aromatic rings. The van der Waals surface area contributed by atoms with Crippen LogP contribution in [0.25, 0.3) is 10.9 Å². The fourth-order valence-electron chi connectivity index (χ4n) is 4.05. The number of aromatic nitrogens is 1. The minimum atomic E-state index is -0.129. The number of aliphatic hydroxyl groups excluding tert-OH is 1. The van der Waals surface area contributed by atoms with Crippen molar-refractivity contribution in [1.29, 1.82) is 0 Å². The molecule has 2 saturated carbocycles. The van der Waals surface area contributed by atoms with Crippen LogP contribution in [0, 0.1) is 5.92 Å². The number of aliphatic hydroxyl groups is 1. The number of fused-ring (bicyclic) bond motifs is 1. The molecule has 2 unspecified atom stereocenters. The van der Waals surface area contributed by atoms with E-state index in [1.807, 2.05) is 30.3 Å². The molecule has 0 bridgehead atoms. The summed E-state index contributed by atoms with van der Waals surface area (Å²) in [4.78, 5) is 17.3. The maximum absolute atomic E-state index is 12.6. The quantitative estimate of drug-likeness (QED) is 0.650. The van der Waals surface area contributed by atoms with Crippen molar-refractivity contribution in [3.63, 3.8) is 0 Å². The second kappa shape index (κ2) is 8.26. The van der Waals surface area contributed by atoms with Gasteiger partial charge in [-0.05, 0) is 56.6 Å². The number of benzene rings is 1. The molecule has 1 aromatic heterocycles.